The Morgan fingerprint density at radius 3 is 2.60 bits per heavy atom. The van der Waals surface area contributed by atoms with Gasteiger partial charge in [-0.25, -0.2) is 4.39 Å². The molecule has 0 aliphatic rings. The molecule has 0 amide bonds. The van der Waals surface area contributed by atoms with Gasteiger partial charge in [0, 0.05) is 11.6 Å². The molecule has 106 valence electrons. The molecule has 1 nitrogen and oxygen atoms in total. The van der Waals surface area contributed by atoms with Gasteiger partial charge in [-0.05, 0) is 39.5 Å². The van der Waals surface area contributed by atoms with Crippen LogP contribution in [0.1, 0.15) is 29.0 Å². The molecule has 0 aliphatic carbocycles. The molecule has 0 heterocycles. The molecule has 0 saturated carbocycles. The van der Waals surface area contributed by atoms with Crippen LogP contribution in [0.15, 0.2) is 40.9 Å². The van der Waals surface area contributed by atoms with Gasteiger partial charge in [0.15, 0.2) is 0 Å². The molecule has 2 aromatic carbocycles. The minimum absolute atomic E-state index is 0.363. The van der Waals surface area contributed by atoms with E-state index in [1.807, 2.05) is 18.2 Å². The van der Waals surface area contributed by atoms with Gasteiger partial charge in [0.2, 0.25) is 0 Å². The van der Waals surface area contributed by atoms with E-state index in [4.69, 9.17) is 16.3 Å². The third-order valence-corrected chi connectivity index (χ3v) is 4.33. The number of rotatable bonds is 4. The predicted octanol–water partition coefficient (Wildman–Crippen LogP) is 5.49. The number of hydrogen-bond acceptors (Lipinski definition) is 1. The minimum Gasteiger partial charge on any atom is -0.496 e. The highest BCUT2D eigenvalue weighted by molar-refractivity contribution is 9.10. The maximum absolute atomic E-state index is 13.6. The first kappa shape index (κ1) is 15.3. The second kappa shape index (κ2) is 6.59. The highest BCUT2D eigenvalue weighted by Crippen LogP contribution is 2.39. The molecule has 0 bridgehead atoms. The van der Waals surface area contributed by atoms with Crippen LogP contribution in [0.5, 0.6) is 5.75 Å². The summed E-state index contributed by atoms with van der Waals surface area (Å²) in [7, 11) is 1.52. The second-order valence-electron chi connectivity index (χ2n) is 4.42. The van der Waals surface area contributed by atoms with Crippen LogP contribution in [0.3, 0.4) is 0 Å². The van der Waals surface area contributed by atoms with Crippen molar-refractivity contribution in [3.8, 4) is 5.75 Å². The molecule has 0 aromatic heterocycles. The summed E-state index contributed by atoms with van der Waals surface area (Å²) >= 11 is 9.80. The molecule has 2 rings (SSSR count). The summed E-state index contributed by atoms with van der Waals surface area (Å²) in [5, 5.41) is -0.377. The van der Waals surface area contributed by atoms with Crippen molar-refractivity contribution in [3.63, 3.8) is 0 Å². The number of aryl methyl sites for hydroxylation is 1. The van der Waals surface area contributed by atoms with E-state index in [-0.39, 0.29) is 11.2 Å². The van der Waals surface area contributed by atoms with Gasteiger partial charge in [-0.3, -0.25) is 0 Å². The number of benzene rings is 2. The van der Waals surface area contributed by atoms with Crippen LogP contribution in [-0.4, -0.2) is 7.11 Å². The van der Waals surface area contributed by atoms with Gasteiger partial charge < -0.3 is 4.74 Å². The monoisotopic (exact) mass is 356 g/mol. The molecule has 0 radical (unpaired) electrons. The van der Waals surface area contributed by atoms with E-state index in [0.717, 1.165) is 17.5 Å². The van der Waals surface area contributed by atoms with Crippen molar-refractivity contribution >= 4 is 27.5 Å². The molecular weight excluding hydrogens is 343 g/mol. The lowest BCUT2D eigenvalue weighted by molar-refractivity contribution is 0.406. The van der Waals surface area contributed by atoms with Crippen LogP contribution in [0.4, 0.5) is 4.39 Å². The lowest BCUT2D eigenvalue weighted by Crippen LogP contribution is -2.02. The molecule has 4 heteroatoms. The molecule has 1 atom stereocenters. The van der Waals surface area contributed by atoms with Gasteiger partial charge in [0.1, 0.15) is 11.6 Å². The van der Waals surface area contributed by atoms with Gasteiger partial charge in [-0.2, -0.15) is 0 Å². The maximum Gasteiger partial charge on any atom is 0.141 e. The minimum atomic E-state index is -0.377. The first-order valence-corrected chi connectivity index (χ1v) is 7.56. The topological polar surface area (TPSA) is 9.23 Å². The van der Waals surface area contributed by atoms with E-state index < -0.39 is 0 Å². The highest BCUT2D eigenvalue weighted by Gasteiger charge is 2.20. The van der Waals surface area contributed by atoms with Gasteiger partial charge in [0.05, 0.1) is 17.0 Å². The summed E-state index contributed by atoms with van der Waals surface area (Å²) < 4.78 is 19.2. The summed E-state index contributed by atoms with van der Waals surface area (Å²) in [5.74, 6) is 0.0925. The van der Waals surface area contributed by atoms with Crippen LogP contribution in [0, 0.1) is 5.82 Å². The molecular formula is C16H15BrClFO. The van der Waals surface area contributed by atoms with Crippen LogP contribution in [-0.2, 0) is 6.42 Å². The Kier molecular flexibility index (Phi) is 5.06. The van der Waals surface area contributed by atoms with E-state index in [9.17, 15) is 4.39 Å². The normalized spacial score (nSPS) is 12.2. The maximum atomic E-state index is 13.6. The largest absolute Gasteiger partial charge is 0.496 e. The molecule has 0 aliphatic heterocycles. The molecule has 0 N–H and O–H groups in total. The molecule has 20 heavy (non-hydrogen) atoms. The van der Waals surface area contributed by atoms with E-state index in [2.05, 4.69) is 28.9 Å². The van der Waals surface area contributed by atoms with E-state index in [0.29, 0.717) is 10.2 Å². The van der Waals surface area contributed by atoms with Crippen LogP contribution in [0.2, 0.25) is 0 Å². The third-order valence-electron chi connectivity index (χ3n) is 3.25. The lowest BCUT2D eigenvalue weighted by Gasteiger charge is -2.17. The van der Waals surface area contributed by atoms with Gasteiger partial charge in [0.25, 0.3) is 0 Å². The van der Waals surface area contributed by atoms with Crippen LogP contribution < -0.4 is 4.74 Å². The zero-order chi connectivity index (χ0) is 14.7. The number of hydrogen-bond donors (Lipinski definition) is 0. The summed E-state index contributed by atoms with van der Waals surface area (Å²) in [5.41, 5.74) is 2.95. The van der Waals surface area contributed by atoms with Gasteiger partial charge in [-0.1, -0.05) is 31.2 Å². The number of halogens is 3. The fourth-order valence-electron chi connectivity index (χ4n) is 2.19. The van der Waals surface area contributed by atoms with E-state index >= 15 is 0 Å². The zero-order valence-electron chi connectivity index (χ0n) is 11.3. The molecule has 0 spiro atoms. The SMILES string of the molecule is CCc1ccccc1C(Cl)c1cc(Br)c(F)cc1OC. The fourth-order valence-corrected chi connectivity index (χ4v) is 2.93. The molecule has 2 aromatic rings. The van der Waals surface area contributed by atoms with Crippen LogP contribution in [0.25, 0.3) is 0 Å². The van der Waals surface area contributed by atoms with Crippen molar-refractivity contribution in [3.05, 3.63) is 63.4 Å². The number of ether oxygens (including phenoxy) is 1. The average Bonchev–Trinajstić information content (AvgIpc) is 2.48. The smallest absolute Gasteiger partial charge is 0.141 e. The summed E-state index contributed by atoms with van der Waals surface area (Å²) in [6.07, 6.45) is 0.893. The summed E-state index contributed by atoms with van der Waals surface area (Å²) in [6, 6.07) is 11.0. The van der Waals surface area contributed by atoms with Crippen molar-refractivity contribution in [1.82, 2.24) is 0 Å². The molecule has 0 fully saturated rings. The predicted molar refractivity (Wildman–Crippen MR) is 84.2 cm³/mol. The Balaban J connectivity index is 2.52. The van der Waals surface area contributed by atoms with Crippen molar-refractivity contribution < 1.29 is 9.13 Å². The Hall–Kier alpha value is -1.06. The van der Waals surface area contributed by atoms with Crippen molar-refractivity contribution in [2.75, 3.05) is 7.11 Å². The Morgan fingerprint density at radius 2 is 1.95 bits per heavy atom. The van der Waals surface area contributed by atoms with Crippen LogP contribution >= 0.6 is 27.5 Å². The molecule has 1 unspecified atom stereocenters. The van der Waals surface area contributed by atoms with Gasteiger partial charge >= 0.3 is 0 Å². The molecule has 0 saturated heterocycles. The Bertz CT molecular complexity index is 615. The zero-order valence-corrected chi connectivity index (χ0v) is 13.6. The summed E-state index contributed by atoms with van der Waals surface area (Å²) in [6.45, 7) is 2.08. The van der Waals surface area contributed by atoms with Crippen molar-refractivity contribution in [2.45, 2.75) is 18.7 Å². The van der Waals surface area contributed by atoms with E-state index in [1.165, 1.54) is 18.7 Å². The first-order valence-electron chi connectivity index (χ1n) is 6.33. The Morgan fingerprint density at radius 1 is 1.25 bits per heavy atom. The number of methoxy groups -OCH3 is 1. The quantitative estimate of drug-likeness (QED) is 0.658. The number of alkyl halides is 1. The Labute approximate surface area is 131 Å². The fraction of sp³-hybridized carbons (Fsp3) is 0.250. The average molecular weight is 358 g/mol. The van der Waals surface area contributed by atoms with E-state index in [1.54, 1.807) is 6.07 Å². The highest BCUT2D eigenvalue weighted by atomic mass is 79.9. The summed E-state index contributed by atoms with van der Waals surface area (Å²) in [4.78, 5) is 0. The first-order chi connectivity index (χ1) is 9.58. The lowest BCUT2D eigenvalue weighted by atomic mass is 9.97. The second-order valence-corrected chi connectivity index (χ2v) is 5.71. The standard InChI is InChI=1S/C16H15BrClFO/c1-3-10-6-4-5-7-11(10)16(18)12-8-13(17)14(19)9-15(12)20-2/h4-9,16H,3H2,1-2H3. The van der Waals surface area contributed by atoms with Crippen molar-refractivity contribution in [2.24, 2.45) is 0 Å². The van der Waals surface area contributed by atoms with Crippen molar-refractivity contribution in [1.29, 1.82) is 0 Å². The third kappa shape index (κ3) is 2.99. The van der Waals surface area contributed by atoms with Gasteiger partial charge in [-0.15, -0.1) is 11.6 Å².